The lowest BCUT2D eigenvalue weighted by molar-refractivity contribution is 0.246. The van der Waals surface area contributed by atoms with Crippen LogP contribution in [0.1, 0.15) is 5.56 Å². The molecule has 0 saturated heterocycles. The van der Waals surface area contributed by atoms with Gasteiger partial charge in [-0.05, 0) is 25.1 Å². The monoisotopic (exact) mass is 366 g/mol. The number of para-hydroxylation sites is 1. The topological polar surface area (TPSA) is 76.1 Å². The zero-order valence-corrected chi connectivity index (χ0v) is 14.8. The minimum Gasteiger partial charge on any atom is -0.475 e. The molecule has 0 saturated carbocycles. The van der Waals surface area contributed by atoms with Gasteiger partial charge in [-0.2, -0.15) is 0 Å². The van der Waals surface area contributed by atoms with Crippen molar-refractivity contribution in [3.8, 4) is 17.1 Å². The highest BCUT2D eigenvalue weighted by molar-refractivity contribution is 5.89. The summed E-state index contributed by atoms with van der Waals surface area (Å²) in [6.45, 7) is 2.47. The normalized spacial score (nSPS) is 10.3. The molecule has 1 heterocycles. The molecule has 2 amide bonds. The Morgan fingerprint density at radius 1 is 1.04 bits per heavy atom. The highest BCUT2D eigenvalue weighted by atomic mass is 19.1. The van der Waals surface area contributed by atoms with Crippen molar-refractivity contribution in [3.63, 3.8) is 0 Å². The van der Waals surface area contributed by atoms with Gasteiger partial charge in [-0.15, -0.1) is 10.2 Å². The summed E-state index contributed by atoms with van der Waals surface area (Å²) in [6, 6.07) is 17.0. The van der Waals surface area contributed by atoms with Gasteiger partial charge in [-0.3, -0.25) is 0 Å². The number of nitrogens with one attached hydrogen (secondary N) is 2. The lowest BCUT2D eigenvalue weighted by Gasteiger charge is -2.09. The molecule has 2 N–H and O–H groups in total. The number of ether oxygens (including phenoxy) is 1. The molecule has 0 aliphatic heterocycles. The van der Waals surface area contributed by atoms with Crippen LogP contribution in [-0.4, -0.2) is 29.4 Å². The van der Waals surface area contributed by atoms with E-state index in [0.717, 1.165) is 11.3 Å². The highest BCUT2D eigenvalue weighted by Crippen LogP contribution is 2.18. The van der Waals surface area contributed by atoms with Gasteiger partial charge in [-0.25, -0.2) is 9.18 Å². The van der Waals surface area contributed by atoms with Crippen LogP contribution in [-0.2, 0) is 0 Å². The van der Waals surface area contributed by atoms with Gasteiger partial charge in [-0.1, -0.05) is 42.0 Å². The van der Waals surface area contributed by atoms with Gasteiger partial charge in [0.2, 0.25) is 5.88 Å². The summed E-state index contributed by atoms with van der Waals surface area (Å²) in [6.07, 6.45) is 0. The SMILES string of the molecule is Cc1ccc(-c2ccc(OCCNC(=O)Nc3ccccc3F)nn2)cc1. The second-order valence-corrected chi connectivity index (χ2v) is 5.83. The largest absolute Gasteiger partial charge is 0.475 e. The highest BCUT2D eigenvalue weighted by Gasteiger charge is 2.06. The molecule has 7 heteroatoms. The first-order valence-electron chi connectivity index (χ1n) is 8.45. The van der Waals surface area contributed by atoms with Crippen LogP contribution in [0.3, 0.4) is 0 Å². The predicted octanol–water partition coefficient (Wildman–Crippen LogP) is 3.79. The van der Waals surface area contributed by atoms with E-state index in [1.54, 1.807) is 18.2 Å². The first-order chi connectivity index (χ1) is 13.1. The summed E-state index contributed by atoms with van der Waals surface area (Å²) in [5.74, 6) is -0.130. The molecule has 6 nitrogen and oxygen atoms in total. The van der Waals surface area contributed by atoms with Crippen molar-refractivity contribution in [1.29, 1.82) is 0 Å². The van der Waals surface area contributed by atoms with Crippen LogP contribution in [0, 0.1) is 12.7 Å². The van der Waals surface area contributed by atoms with Crippen LogP contribution in [0.2, 0.25) is 0 Å². The molecule has 0 atom stereocenters. The van der Waals surface area contributed by atoms with E-state index in [9.17, 15) is 9.18 Å². The molecule has 0 fully saturated rings. The summed E-state index contributed by atoms with van der Waals surface area (Å²) in [4.78, 5) is 11.7. The Hall–Kier alpha value is -3.48. The van der Waals surface area contributed by atoms with Gasteiger partial charge in [0, 0.05) is 11.6 Å². The van der Waals surface area contributed by atoms with Crippen molar-refractivity contribution < 1.29 is 13.9 Å². The zero-order valence-electron chi connectivity index (χ0n) is 14.8. The number of benzene rings is 2. The lowest BCUT2D eigenvalue weighted by Crippen LogP contribution is -2.32. The Balaban J connectivity index is 1.43. The maximum atomic E-state index is 13.5. The van der Waals surface area contributed by atoms with Crippen LogP contribution in [0.15, 0.2) is 60.7 Å². The fourth-order valence-electron chi connectivity index (χ4n) is 2.32. The van der Waals surface area contributed by atoms with E-state index < -0.39 is 11.8 Å². The van der Waals surface area contributed by atoms with E-state index in [2.05, 4.69) is 20.8 Å². The van der Waals surface area contributed by atoms with Gasteiger partial charge in [0.25, 0.3) is 0 Å². The summed E-state index contributed by atoms with van der Waals surface area (Å²) in [5, 5.41) is 13.2. The van der Waals surface area contributed by atoms with Crippen LogP contribution in [0.4, 0.5) is 14.9 Å². The number of anilines is 1. The van der Waals surface area contributed by atoms with Crippen LogP contribution in [0.5, 0.6) is 5.88 Å². The van der Waals surface area contributed by atoms with Crippen LogP contribution >= 0.6 is 0 Å². The number of hydrogen-bond acceptors (Lipinski definition) is 4. The summed E-state index contributed by atoms with van der Waals surface area (Å²) >= 11 is 0. The molecule has 27 heavy (non-hydrogen) atoms. The molecule has 0 spiro atoms. The molecule has 0 unspecified atom stereocenters. The molecule has 2 aromatic carbocycles. The Labute approximate surface area is 156 Å². The molecule has 0 aliphatic carbocycles. The molecule has 0 radical (unpaired) electrons. The minimum atomic E-state index is -0.510. The maximum absolute atomic E-state index is 13.5. The minimum absolute atomic E-state index is 0.119. The molecule has 0 aliphatic rings. The van der Waals surface area contributed by atoms with E-state index >= 15 is 0 Å². The Morgan fingerprint density at radius 2 is 1.81 bits per heavy atom. The number of rotatable bonds is 6. The van der Waals surface area contributed by atoms with Crippen LogP contribution in [0.25, 0.3) is 11.3 Å². The van der Waals surface area contributed by atoms with Crippen molar-refractivity contribution in [2.75, 3.05) is 18.5 Å². The van der Waals surface area contributed by atoms with E-state index in [1.807, 2.05) is 37.3 Å². The van der Waals surface area contributed by atoms with Gasteiger partial charge in [0.15, 0.2) is 0 Å². The van der Waals surface area contributed by atoms with E-state index in [1.165, 1.54) is 17.7 Å². The number of hydrogen-bond donors (Lipinski definition) is 2. The van der Waals surface area contributed by atoms with Gasteiger partial charge < -0.3 is 15.4 Å². The number of nitrogens with zero attached hydrogens (tertiary/aromatic N) is 2. The van der Waals surface area contributed by atoms with Crippen LogP contribution < -0.4 is 15.4 Å². The summed E-state index contributed by atoms with van der Waals surface area (Å²) in [5.41, 5.74) is 3.03. The fraction of sp³-hybridized carbons (Fsp3) is 0.150. The number of amides is 2. The van der Waals surface area contributed by atoms with Crippen molar-refractivity contribution in [2.45, 2.75) is 6.92 Å². The predicted molar refractivity (Wildman–Crippen MR) is 101 cm³/mol. The van der Waals surface area contributed by atoms with E-state index in [4.69, 9.17) is 4.74 Å². The van der Waals surface area contributed by atoms with E-state index in [-0.39, 0.29) is 18.8 Å². The number of aryl methyl sites for hydroxylation is 1. The number of urea groups is 1. The molecule has 138 valence electrons. The second kappa shape index (κ2) is 8.75. The first kappa shape index (κ1) is 18.3. The van der Waals surface area contributed by atoms with Crippen molar-refractivity contribution in [3.05, 3.63) is 72.0 Å². The molecule has 3 rings (SSSR count). The summed E-state index contributed by atoms with van der Waals surface area (Å²) < 4.78 is 18.9. The quantitative estimate of drug-likeness (QED) is 0.651. The average molecular weight is 366 g/mol. The molecule has 1 aromatic heterocycles. The molecule has 3 aromatic rings. The number of halogens is 1. The molecular formula is C20H19FN4O2. The first-order valence-corrected chi connectivity index (χ1v) is 8.45. The standard InChI is InChI=1S/C20H19FN4O2/c1-14-6-8-15(9-7-14)17-10-11-19(25-24-17)27-13-12-22-20(26)23-18-5-3-2-4-16(18)21/h2-11H,12-13H2,1H3,(H2,22,23,26). The smallest absolute Gasteiger partial charge is 0.319 e. The third kappa shape index (κ3) is 5.24. The molecule has 0 bridgehead atoms. The number of carbonyl (C=O) groups is 1. The van der Waals surface area contributed by atoms with Crippen molar-refractivity contribution >= 4 is 11.7 Å². The lowest BCUT2D eigenvalue weighted by atomic mass is 10.1. The molecular weight excluding hydrogens is 347 g/mol. The number of carbonyl (C=O) groups excluding carboxylic acids is 1. The summed E-state index contributed by atoms with van der Waals surface area (Å²) in [7, 11) is 0. The van der Waals surface area contributed by atoms with Crippen molar-refractivity contribution in [2.24, 2.45) is 0 Å². The van der Waals surface area contributed by atoms with Gasteiger partial charge >= 0.3 is 6.03 Å². The second-order valence-electron chi connectivity index (χ2n) is 5.83. The zero-order chi connectivity index (χ0) is 19.1. The average Bonchev–Trinajstić information content (AvgIpc) is 2.68. The Morgan fingerprint density at radius 3 is 2.52 bits per heavy atom. The van der Waals surface area contributed by atoms with E-state index in [0.29, 0.717) is 5.88 Å². The Kier molecular flexibility index (Phi) is 5.94. The fourth-order valence-corrected chi connectivity index (χ4v) is 2.32. The van der Waals surface area contributed by atoms with Gasteiger partial charge in [0.1, 0.15) is 12.4 Å². The van der Waals surface area contributed by atoms with Crippen molar-refractivity contribution in [1.82, 2.24) is 15.5 Å². The number of aromatic nitrogens is 2. The Bertz CT molecular complexity index is 899. The van der Waals surface area contributed by atoms with Gasteiger partial charge in [0.05, 0.1) is 17.9 Å². The third-order valence-corrected chi connectivity index (χ3v) is 3.75. The third-order valence-electron chi connectivity index (χ3n) is 3.75. The maximum Gasteiger partial charge on any atom is 0.319 e.